The first-order valence-electron chi connectivity index (χ1n) is 7.56. The smallest absolute Gasteiger partial charge is 0.115 e. The summed E-state index contributed by atoms with van der Waals surface area (Å²) in [6, 6.07) is 14.8. The Morgan fingerprint density at radius 2 is 1.35 bits per heavy atom. The highest BCUT2D eigenvalue weighted by Gasteiger charge is 2.05. The Morgan fingerprint density at radius 1 is 0.870 bits per heavy atom. The molecule has 0 amide bonds. The molecule has 0 saturated carbocycles. The Hall–Kier alpha value is -1.97. The van der Waals surface area contributed by atoms with E-state index in [1.54, 1.807) is 24.3 Å². The van der Waals surface area contributed by atoms with Crippen molar-refractivity contribution in [3.63, 3.8) is 0 Å². The van der Waals surface area contributed by atoms with Gasteiger partial charge < -0.3 is 10.2 Å². The second-order valence-electron chi connectivity index (χ2n) is 5.43. The molecule has 2 aromatic carbocycles. The maximum absolute atomic E-state index is 9.51. The number of benzene rings is 2. The molecule has 0 unspecified atom stereocenters. The predicted octanol–water partition coefficient (Wildman–Crippen LogP) is 3.79. The highest BCUT2D eigenvalue weighted by atomic mass is 35.5. The molecule has 0 atom stereocenters. The van der Waals surface area contributed by atoms with Crippen molar-refractivity contribution in [3.05, 3.63) is 72.3 Å². The van der Waals surface area contributed by atoms with Gasteiger partial charge in [0.1, 0.15) is 11.5 Å². The van der Waals surface area contributed by atoms with Gasteiger partial charge in [-0.15, -0.1) is 19.0 Å². The van der Waals surface area contributed by atoms with Crippen LogP contribution < -0.4 is 0 Å². The lowest BCUT2D eigenvalue weighted by Crippen LogP contribution is -2.28. The second-order valence-corrected chi connectivity index (χ2v) is 5.43. The fourth-order valence-corrected chi connectivity index (χ4v) is 2.48. The minimum Gasteiger partial charge on any atom is -0.508 e. The van der Waals surface area contributed by atoms with E-state index in [-0.39, 0.29) is 12.4 Å². The van der Waals surface area contributed by atoms with Crippen molar-refractivity contribution in [1.82, 2.24) is 4.90 Å². The van der Waals surface area contributed by atoms with Crippen LogP contribution in [0, 0.1) is 0 Å². The third-order valence-corrected chi connectivity index (χ3v) is 3.64. The van der Waals surface area contributed by atoms with Crippen LogP contribution in [0.3, 0.4) is 0 Å². The molecule has 0 radical (unpaired) electrons. The summed E-state index contributed by atoms with van der Waals surface area (Å²) < 4.78 is 0. The SMILES string of the molecule is C=CCN(CCc1cccc(O)c1)CCc1cccc(O)c1.Cl. The second kappa shape index (κ2) is 9.93. The van der Waals surface area contributed by atoms with Crippen molar-refractivity contribution in [2.24, 2.45) is 0 Å². The van der Waals surface area contributed by atoms with Gasteiger partial charge in [0.25, 0.3) is 0 Å². The summed E-state index contributed by atoms with van der Waals surface area (Å²) in [6.07, 6.45) is 3.69. The van der Waals surface area contributed by atoms with Gasteiger partial charge in [-0.3, -0.25) is 4.90 Å². The van der Waals surface area contributed by atoms with Gasteiger partial charge in [0.2, 0.25) is 0 Å². The molecule has 0 aliphatic heterocycles. The van der Waals surface area contributed by atoms with E-state index < -0.39 is 0 Å². The normalized spacial score (nSPS) is 10.3. The molecule has 124 valence electrons. The Labute approximate surface area is 144 Å². The van der Waals surface area contributed by atoms with Crippen molar-refractivity contribution in [2.75, 3.05) is 19.6 Å². The molecule has 0 fully saturated rings. The fraction of sp³-hybridized carbons (Fsp3) is 0.263. The molecule has 0 saturated heterocycles. The molecule has 2 aromatic rings. The quantitative estimate of drug-likeness (QED) is 0.722. The Balaban J connectivity index is 0.00000264. The molecule has 4 heteroatoms. The van der Waals surface area contributed by atoms with Crippen molar-refractivity contribution >= 4 is 12.4 Å². The van der Waals surface area contributed by atoms with Crippen LogP contribution in [0.5, 0.6) is 11.5 Å². The monoisotopic (exact) mass is 333 g/mol. The van der Waals surface area contributed by atoms with Gasteiger partial charge in [-0.1, -0.05) is 30.3 Å². The van der Waals surface area contributed by atoms with E-state index in [2.05, 4.69) is 11.5 Å². The molecule has 0 aliphatic rings. The molecule has 0 spiro atoms. The third-order valence-electron chi connectivity index (χ3n) is 3.64. The number of rotatable bonds is 8. The topological polar surface area (TPSA) is 43.7 Å². The predicted molar refractivity (Wildman–Crippen MR) is 97.5 cm³/mol. The first kappa shape index (κ1) is 19.1. The lowest BCUT2D eigenvalue weighted by molar-refractivity contribution is 0.310. The summed E-state index contributed by atoms with van der Waals surface area (Å²) in [7, 11) is 0. The van der Waals surface area contributed by atoms with Crippen molar-refractivity contribution < 1.29 is 10.2 Å². The van der Waals surface area contributed by atoms with E-state index in [1.807, 2.05) is 30.3 Å². The maximum Gasteiger partial charge on any atom is 0.115 e. The Bertz CT molecular complexity index is 566. The van der Waals surface area contributed by atoms with Crippen LogP contribution in [0.4, 0.5) is 0 Å². The van der Waals surface area contributed by atoms with Crippen LogP contribution in [0.15, 0.2) is 61.2 Å². The molecular weight excluding hydrogens is 310 g/mol. The fourth-order valence-electron chi connectivity index (χ4n) is 2.48. The number of halogens is 1. The lowest BCUT2D eigenvalue weighted by atomic mass is 10.1. The molecular formula is C19H24ClNO2. The average Bonchev–Trinajstić information content (AvgIpc) is 2.50. The number of aromatic hydroxyl groups is 2. The zero-order valence-electron chi connectivity index (χ0n) is 13.2. The molecule has 2 N–H and O–H groups in total. The van der Waals surface area contributed by atoms with Gasteiger partial charge in [0.05, 0.1) is 0 Å². The summed E-state index contributed by atoms with van der Waals surface area (Å²) in [5.41, 5.74) is 2.26. The zero-order chi connectivity index (χ0) is 15.8. The van der Waals surface area contributed by atoms with Gasteiger partial charge >= 0.3 is 0 Å². The van der Waals surface area contributed by atoms with Gasteiger partial charge in [-0.2, -0.15) is 0 Å². The van der Waals surface area contributed by atoms with Crippen molar-refractivity contribution in [2.45, 2.75) is 12.8 Å². The Kier molecular flexibility index (Phi) is 8.23. The minimum absolute atomic E-state index is 0. The third kappa shape index (κ3) is 6.76. The number of phenols is 2. The standard InChI is InChI=1S/C19H23NO2.ClH/c1-2-11-20(12-9-16-5-3-7-18(21)14-16)13-10-17-6-4-8-19(22)15-17;/h2-8,14-15,21-22H,1,9-13H2;1H. The molecule has 0 aliphatic carbocycles. The summed E-state index contributed by atoms with van der Waals surface area (Å²) in [5, 5.41) is 19.0. The summed E-state index contributed by atoms with van der Waals surface area (Å²) in [6.45, 7) is 6.47. The van der Waals surface area contributed by atoms with E-state index in [9.17, 15) is 10.2 Å². The van der Waals surface area contributed by atoms with Gasteiger partial charge in [0.15, 0.2) is 0 Å². The lowest BCUT2D eigenvalue weighted by Gasteiger charge is -2.20. The van der Waals surface area contributed by atoms with Crippen molar-refractivity contribution in [1.29, 1.82) is 0 Å². The van der Waals surface area contributed by atoms with Gasteiger partial charge in [-0.25, -0.2) is 0 Å². The van der Waals surface area contributed by atoms with E-state index in [0.717, 1.165) is 43.6 Å². The summed E-state index contributed by atoms with van der Waals surface area (Å²) >= 11 is 0. The highest BCUT2D eigenvalue weighted by molar-refractivity contribution is 5.85. The van der Waals surface area contributed by atoms with Crippen LogP contribution in [0.2, 0.25) is 0 Å². The molecule has 2 rings (SSSR count). The summed E-state index contributed by atoms with van der Waals surface area (Å²) in [5.74, 6) is 0.625. The first-order chi connectivity index (χ1) is 10.7. The average molecular weight is 334 g/mol. The first-order valence-corrected chi connectivity index (χ1v) is 7.56. The molecule has 0 aromatic heterocycles. The number of hydrogen-bond donors (Lipinski definition) is 2. The van der Waals surface area contributed by atoms with E-state index in [4.69, 9.17) is 0 Å². The minimum atomic E-state index is 0. The highest BCUT2D eigenvalue weighted by Crippen LogP contribution is 2.13. The number of hydrogen-bond acceptors (Lipinski definition) is 3. The Morgan fingerprint density at radius 3 is 1.74 bits per heavy atom. The van der Waals surface area contributed by atoms with Gasteiger partial charge in [-0.05, 0) is 48.2 Å². The number of nitrogens with zero attached hydrogens (tertiary/aromatic N) is 1. The van der Waals surface area contributed by atoms with E-state index in [1.165, 1.54) is 0 Å². The summed E-state index contributed by atoms with van der Waals surface area (Å²) in [4.78, 5) is 2.32. The number of phenolic OH excluding ortho intramolecular Hbond substituents is 2. The van der Waals surface area contributed by atoms with Gasteiger partial charge in [0, 0.05) is 19.6 Å². The molecule has 3 nitrogen and oxygen atoms in total. The van der Waals surface area contributed by atoms with Crippen LogP contribution in [-0.2, 0) is 12.8 Å². The van der Waals surface area contributed by atoms with Crippen LogP contribution in [0.25, 0.3) is 0 Å². The van der Waals surface area contributed by atoms with Crippen LogP contribution in [-0.4, -0.2) is 34.7 Å². The largest absolute Gasteiger partial charge is 0.508 e. The van der Waals surface area contributed by atoms with E-state index in [0.29, 0.717) is 11.5 Å². The molecule has 0 bridgehead atoms. The van der Waals surface area contributed by atoms with E-state index >= 15 is 0 Å². The molecule has 0 heterocycles. The van der Waals surface area contributed by atoms with Crippen molar-refractivity contribution in [3.8, 4) is 11.5 Å². The zero-order valence-corrected chi connectivity index (χ0v) is 14.0. The molecule has 23 heavy (non-hydrogen) atoms. The maximum atomic E-state index is 9.51. The van der Waals surface area contributed by atoms with Crippen LogP contribution in [0.1, 0.15) is 11.1 Å². The van der Waals surface area contributed by atoms with Crippen LogP contribution >= 0.6 is 12.4 Å².